The third-order valence-corrected chi connectivity index (χ3v) is 6.43. The fourth-order valence-corrected chi connectivity index (χ4v) is 4.26. The molecular formula is C30H35Cl2N9O5. The number of pyridine rings is 2. The molecule has 0 aliphatic carbocycles. The molecule has 0 unspecified atom stereocenters. The lowest BCUT2D eigenvalue weighted by molar-refractivity contribution is 0.0519. The molecule has 244 valence electrons. The maximum absolute atomic E-state index is 12.0. The van der Waals surface area contributed by atoms with Gasteiger partial charge in [-0.2, -0.15) is 0 Å². The summed E-state index contributed by atoms with van der Waals surface area (Å²) < 4.78 is 15.6. The smallest absolute Gasteiger partial charge is 0.361 e. The predicted molar refractivity (Wildman–Crippen MR) is 175 cm³/mol. The number of carbonyl (C=O) groups excluding carboxylic acids is 2. The van der Waals surface area contributed by atoms with Crippen molar-refractivity contribution >= 4 is 58.1 Å². The van der Waals surface area contributed by atoms with Crippen LogP contribution in [0.2, 0.25) is 10.3 Å². The largest absolute Gasteiger partial charge is 0.495 e. The quantitative estimate of drug-likeness (QED) is 0.156. The summed E-state index contributed by atoms with van der Waals surface area (Å²) in [5, 5.41) is 21.1. The second-order valence-electron chi connectivity index (χ2n) is 10.1. The van der Waals surface area contributed by atoms with E-state index in [1.165, 1.54) is 12.1 Å². The monoisotopic (exact) mass is 671 g/mol. The van der Waals surface area contributed by atoms with Crippen LogP contribution in [0.3, 0.4) is 0 Å². The van der Waals surface area contributed by atoms with Crippen LogP contribution in [-0.2, 0) is 4.74 Å². The maximum Gasteiger partial charge on any atom is 0.361 e. The van der Waals surface area contributed by atoms with Crippen LogP contribution in [0.5, 0.6) is 11.5 Å². The lowest BCUT2D eigenvalue weighted by atomic mass is 10.1. The highest BCUT2D eigenvalue weighted by Crippen LogP contribution is 2.29. The van der Waals surface area contributed by atoms with E-state index < -0.39 is 11.9 Å². The first kappa shape index (κ1) is 35.7. The van der Waals surface area contributed by atoms with Gasteiger partial charge in [-0.25, -0.2) is 14.8 Å². The molecule has 0 fully saturated rings. The van der Waals surface area contributed by atoms with Crippen molar-refractivity contribution in [2.45, 2.75) is 46.5 Å². The van der Waals surface area contributed by atoms with Crippen LogP contribution in [0, 0.1) is 0 Å². The Bertz CT molecular complexity index is 1690. The number of hydrogen-bond acceptors (Lipinski definition) is 13. The van der Waals surface area contributed by atoms with E-state index in [2.05, 4.69) is 41.0 Å². The number of anilines is 4. The van der Waals surface area contributed by atoms with Crippen molar-refractivity contribution in [3.8, 4) is 11.5 Å². The molecule has 0 aromatic carbocycles. The Kier molecular flexibility index (Phi) is 12.8. The summed E-state index contributed by atoms with van der Waals surface area (Å²) in [5.74, 6) is 1.52. The Morgan fingerprint density at radius 1 is 0.761 bits per heavy atom. The van der Waals surface area contributed by atoms with Crippen LogP contribution in [0.25, 0.3) is 0 Å². The van der Waals surface area contributed by atoms with E-state index in [0.717, 1.165) is 11.4 Å². The van der Waals surface area contributed by atoms with Gasteiger partial charge in [0.15, 0.2) is 21.7 Å². The van der Waals surface area contributed by atoms with Gasteiger partial charge in [-0.1, -0.05) is 50.9 Å². The van der Waals surface area contributed by atoms with Gasteiger partial charge in [-0.15, -0.1) is 20.4 Å². The first-order valence-corrected chi connectivity index (χ1v) is 14.8. The zero-order chi connectivity index (χ0) is 34.0. The number of halogens is 2. The lowest BCUT2D eigenvalue weighted by Crippen LogP contribution is -2.16. The molecule has 0 atom stereocenters. The predicted octanol–water partition coefficient (Wildman–Crippen LogP) is 6.08. The standard InChI is InChI=1S/C16H19ClN4O3.C14H16ClN5O2/c1-5-24-16(22)15-10(8-12(17)20-21-15)18-13-7-6-11(23-4)14(19-13)9(2)3;1-7(2)12-9(22-3)4-5-11(18-12)17-8-6-10(15)19-20-13(8)14(16)21/h6-9H,5H2,1-4H3,(H,18,19,20);4-7H,1-3H3,(H2,16,21)(H,17,18,19). The topological polar surface area (TPSA) is 189 Å². The van der Waals surface area contributed by atoms with Crippen molar-refractivity contribution < 1.29 is 23.8 Å². The van der Waals surface area contributed by atoms with Gasteiger partial charge in [0.1, 0.15) is 23.1 Å². The van der Waals surface area contributed by atoms with Crippen LogP contribution in [0.4, 0.5) is 23.0 Å². The summed E-state index contributed by atoms with van der Waals surface area (Å²) in [4.78, 5) is 32.4. The molecule has 4 N–H and O–H groups in total. The van der Waals surface area contributed by atoms with Crippen LogP contribution < -0.4 is 25.8 Å². The van der Waals surface area contributed by atoms with Crippen molar-refractivity contribution in [2.75, 3.05) is 31.5 Å². The molecule has 46 heavy (non-hydrogen) atoms. The van der Waals surface area contributed by atoms with Crippen molar-refractivity contribution in [3.05, 3.63) is 69.5 Å². The molecule has 0 saturated carbocycles. The summed E-state index contributed by atoms with van der Waals surface area (Å²) in [6, 6.07) is 10.0. The van der Waals surface area contributed by atoms with E-state index in [9.17, 15) is 9.59 Å². The number of hydrogen-bond donors (Lipinski definition) is 3. The lowest BCUT2D eigenvalue weighted by Gasteiger charge is -2.14. The van der Waals surface area contributed by atoms with E-state index in [0.29, 0.717) is 34.5 Å². The molecule has 0 spiro atoms. The average molecular weight is 673 g/mol. The van der Waals surface area contributed by atoms with Crippen LogP contribution >= 0.6 is 23.2 Å². The molecule has 4 aromatic rings. The van der Waals surface area contributed by atoms with Crippen molar-refractivity contribution in [1.29, 1.82) is 0 Å². The number of amides is 1. The van der Waals surface area contributed by atoms with Gasteiger partial charge >= 0.3 is 5.97 Å². The summed E-state index contributed by atoms with van der Waals surface area (Å²) in [7, 11) is 3.19. The zero-order valence-electron chi connectivity index (χ0n) is 26.4. The molecule has 0 aliphatic rings. The van der Waals surface area contributed by atoms with E-state index >= 15 is 0 Å². The van der Waals surface area contributed by atoms with Crippen LogP contribution in [0.15, 0.2) is 36.4 Å². The van der Waals surface area contributed by atoms with E-state index in [1.54, 1.807) is 39.3 Å². The fraction of sp³-hybridized carbons (Fsp3) is 0.333. The number of nitrogens with one attached hydrogen (secondary N) is 2. The number of ether oxygens (including phenoxy) is 3. The molecule has 14 nitrogen and oxygen atoms in total. The van der Waals surface area contributed by atoms with Gasteiger partial charge in [0.2, 0.25) is 0 Å². The summed E-state index contributed by atoms with van der Waals surface area (Å²) >= 11 is 11.7. The fourth-order valence-electron chi connectivity index (χ4n) is 3.97. The summed E-state index contributed by atoms with van der Waals surface area (Å²) in [5.41, 5.74) is 7.63. The number of carbonyl (C=O) groups is 2. The molecule has 0 bridgehead atoms. The maximum atomic E-state index is 12.0. The van der Waals surface area contributed by atoms with Gasteiger partial charge < -0.3 is 30.6 Å². The van der Waals surface area contributed by atoms with Crippen molar-refractivity contribution in [1.82, 2.24) is 30.4 Å². The summed E-state index contributed by atoms with van der Waals surface area (Å²) in [6.45, 7) is 10.0. The van der Waals surface area contributed by atoms with Gasteiger partial charge in [0.25, 0.3) is 5.91 Å². The van der Waals surface area contributed by atoms with Crippen molar-refractivity contribution in [2.24, 2.45) is 5.73 Å². The highest BCUT2D eigenvalue weighted by Gasteiger charge is 2.18. The Balaban J connectivity index is 0.000000251. The number of esters is 1. The first-order chi connectivity index (χ1) is 21.9. The highest BCUT2D eigenvalue weighted by atomic mass is 35.5. The van der Waals surface area contributed by atoms with Crippen LogP contribution in [0.1, 0.15) is 78.8 Å². The Morgan fingerprint density at radius 2 is 1.20 bits per heavy atom. The van der Waals surface area contributed by atoms with Crippen LogP contribution in [-0.4, -0.2) is 63.1 Å². The Hall–Kier alpha value is -4.82. The Morgan fingerprint density at radius 3 is 1.59 bits per heavy atom. The second-order valence-corrected chi connectivity index (χ2v) is 10.8. The molecule has 0 saturated heterocycles. The van der Waals surface area contributed by atoms with E-state index in [4.69, 9.17) is 43.1 Å². The normalized spacial score (nSPS) is 10.6. The number of primary amides is 1. The van der Waals surface area contributed by atoms with E-state index in [1.807, 2.05) is 33.8 Å². The third-order valence-electron chi connectivity index (χ3n) is 6.06. The number of nitrogens with two attached hydrogens (primary N) is 1. The highest BCUT2D eigenvalue weighted by molar-refractivity contribution is 6.30. The summed E-state index contributed by atoms with van der Waals surface area (Å²) in [6.07, 6.45) is 0. The second kappa shape index (κ2) is 16.5. The van der Waals surface area contributed by atoms with E-state index in [-0.39, 0.29) is 40.1 Å². The number of aromatic nitrogens is 6. The molecule has 4 rings (SSSR count). The first-order valence-electron chi connectivity index (χ1n) is 14.1. The molecule has 0 radical (unpaired) electrons. The molecule has 0 aliphatic heterocycles. The number of methoxy groups -OCH3 is 2. The minimum atomic E-state index is -0.704. The minimum absolute atomic E-state index is 0.00638. The molecular weight excluding hydrogens is 637 g/mol. The number of nitrogens with zero attached hydrogens (tertiary/aromatic N) is 6. The zero-order valence-corrected chi connectivity index (χ0v) is 27.9. The molecule has 4 aromatic heterocycles. The minimum Gasteiger partial charge on any atom is -0.495 e. The molecule has 16 heteroatoms. The van der Waals surface area contributed by atoms with Gasteiger partial charge in [-0.3, -0.25) is 4.79 Å². The van der Waals surface area contributed by atoms with Gasteiger partial charge in [0.05, 0.1) is 43.6 Å². The van der Waals surface area contributed by atoms with Gasteiger partial charge in [-0.05, 0) is 43.0 Å². The third kappa shape index (κ3) is 9.34. The SMILES string of the molecule is CCOC(=O)c1nnc(Cl)cc1Nc1ccc(OC)c(C(C)C)n1.COc1ccc(Nc2cc(Cl)nnc2C(N)=O)nc1C(C)C. The Labute approximate surface area is 276 Å². The number of rotatable bonds is 11. The van der Waals surface area contributed by atoms with Crippen molar-refractivity contribution in [3.63, 3.8) is 0 Å². The van der Waals surface area contributed by atoms with Gasteiger partial charge in [0, 0.05) is 12.1 Å². The average Bonchev–Trinajstić information content (AvgIpc) is 3.01. The molecule has 4 heterocycles. The molecule has 1 amide bonds.